The maximum atomic E-state index is 13.1. The molecule has 1 aromatic carbocycles. The molecular weight excluding hydrogens is 414 g/mol. The van der Waals surface area contributed by atoms with Crippen molar-refractivity contribution in [3.05, 3.63) is 77.6 Å². The van der Waals surface area contributed by atoms with Crippen LogP contribution < -0.4 is 9.47 Å². The lowest BCUT2D eigenvalue weighted by Crippen LogP contribution is -2.28. The van der Waals surface area contributed by atoms with Crippen molar-refractivity contribution in [2.45, 2.75) is 26.4 Å². The Morgan fingerprint density at radius 1 is 1.03 bits per heavy atom. The zero-order valence-corrected chi connectivity index (χ0v) is 17.7. The van der Waals surface area contributed by atoms with E-state index in [1.165, 1.54) is 17.4 Å². The molecule has 1 N–H and O–H groups in total. The number of furan rings is 2. The zero-order valence-electron chi connectivity index (χ0n) is 17.7. The molecule has 8 heteroatoms. The van der Waals surface area contributed by atoms with Crippen molar-refractivity contribution >= 4 is 17.4 Å². The average Bonchev–Trinajstić information content (AvgIpc) is 3.53. The van der Waals surface area contributed by atoms with Gasteiger partial charge in [0.25, 0.3) is 11.7 Å². The normalized spacial score (nSPS) is 17.7. The van der Waals surface area contributed by atoms with Gasteiger partial charge in [-0.05, 0) is 50.2 Å². The van der Waals surface area contributed by atoms with Crippen LogP contribution in [0.1, 0.15) is 37.0 Å². The number of aliphatic hydroxyl groups is 1. The number of Topliss-reactive ketones (excluding diaryl/α,β-unsaturated/α-hetero) is 1. The summed E-state index contributed by atoms with van der Waals surface area (Å²) in [5, 5.41) is 11.2. The van der Waals surface area contributed by atoms with Gasteiger partial charge in [-0.2, -0.15) is 0 Å². The third-order valence-corrected chi connectivity index (χ3v) is 5.08. The minimum absolute atomic E-state index is 0.0430. The second kappa shape index (κ2) is 9.05. The lowest BCUT2D eigenvalue weighted by molar-refractivity contribution is -0.140. The highest BCUT2D eigenvalue weighted by Crippen LogP contribution is 2.42. The van der Waals surface area contributed by atoms with E-state index < -0.39 is 17.7 Å². The molecule has 0 bridgehead atoms. The van der Waals surface area contributed by atoms with E-state index in [0.717, 1.165) is 0 Å². The number of carbonyl (C=O) groups is 2. The van der Waals surface area contributed by atoms with Gasteiger partial charge < -0.3 is 28.3 Å². The van der Waals surface area contributed by atoms with Crippen molar-refractivity contribution in [3.8, 4) is 11.5 Å². The average molecular weight is 437 g/mol. The first-order valence-corrected chi connectivity index (χ1v) is 10.3. The van der Waals surface area contributed by atoms with Gasteiger partial charge in [-0.25, -0.2) is 0 Å². The second-order valence-electron chi connectivity index (χ2n) is 7.05. The topological polar surface area (TPSA) is 102 Å². The number of carbonyl (C=O) groups excluding carboxylic acids is 2. The molecule has 0 radical (unpaired) electrons. The molecule has 3 heterocycles. The minimum atomic E-state index is -0.920. The Hall–Kier alpha value is -3.94. The fourth-order valence-corrected chi connectivity index (χ4v) is 3.73. The van der Waals surface area contributed by atoms with Crippen LogP contribution in [0.25, 0.3) is 5.76 Å². The van der Waals surface area contributed by atoms with Gasteiger partial charge in [-0.1, -0.05) is 0 Å². The summed E-state index contributed by atoms with van der Waals surface area (Å²) in [6.07, 6.45) is 2.94. The largest absolute Gasteiger partial charge is 0.507 e. The quantitative estimate of drug-likeness (QED) is 0.319. The van der Waals surface area contributed by atoms with Gasteiger partial charge in [0, 0.05) is 6.07 Å². The van der Waals surface area contributed by atoms with Crippen molar-refractivity contribution in [2.75, 3.05) is 13.2 Å². The summed E-state index contributed by atoms with van der Waals surface area (Å²) in [5.74, 6) is -0.168. The third-order valence-electron chi connectivity index (χ3n) is 5.08. The second-order valence-corrected chi connectivity index (χ2v) is 7.05. The lowest BCUT2D eigenvalue weighted by Gasteiger charge is -2.22. The van der Waals surface area contributed by atoms with E-state index in [1.807, 2.05) is 13.8 Å². The van der Waals surface area contributed by atoms with Crippen LogP contribution in [0, 0.1) is 0 Å². The van der Waals surface area contributed by atoms with Gasteiger partial charge in [0.2, 0.25) is 0 Å². The fraction of sp³-hybridized carbons (Fsp3) is 0.250. The van der Waals surface area contributed by atoms with Gasteiger partial charge in [-0.15, -0.1) is 0 Å². The van der Waals surface area contributed by atoms with E-state index in [9.17, 15) is 14.7 Å². The summed E-state index contributed by atoms with van der Waals surface area (Å²) in [6, 6.07) is 10.7. The molecule has 1 atom stereocenters. The summed E-state index contributed by atoms with van der Waals surface area (Å²) in [5.41, 5.74) is 0.199. The number of hydrogen-bond donors (Lipinski definition) is 1. The maximum absolute atomic E-state index is 13.1. The Morgan fingerprint density at radius 3 is 2.44 bits per heavy atom. The molecule has 4 rings (SSSR count). The van der Waals surface area contributed by atoms with Gasteiger partial charge in [0.1, 0.15) is 34.8 Å². The molecule has 1 fully saturated rings. The van der Waals surface area contributed by atoms with Gasteiger partial charge in [0.05, 0.1) is 43.4 Å². The predicted octanol–water partition coefficient (Wildman–Crippen LogP) is 4.29. The van der Waals surface area contributed by atoms with Crippen molar-refractivity contribution in [1.82, 2.24) is 4.90 Å². The maximum Gasteiger partial charge on any atom is 0.296 e. The van der Waals surface area contributed by atoms with Gasteiger partial charge in [-0.3, -0.25) is 9.59 Å². The van der Waals surface area contributed by atoms with Crippen molar-refractivity contribution in [2.24, 2.45) is 0 Å². The molecule has 32 heavy (non-hydrogen) atoms. The Labute approximate surface area is 184 Å². The number of rotatable bonds is 8. The van der Waals surface area contributed by atoms with Crippen LogP contribution in [0.4, 0.5) is 0 Å². The lowest BCUT2D eigenvalue weighted by atomic mass is 9.98. The highest BCUT2D eigenvalue weighted by molar-refractivity contribution is 6.46. The van der Waals surface area contributed by atoms with Crippen LogP contribution in [0.15, 0.2) is 69.4 Å². The molecule has 1 aliphatic heterocycles. The Balaban J connectivity index is 1.84. The number of ketones is 1. The van der Waals surface area contributed by atoms with Crippen LogP contribution >= 0.6 is 0 Å². The summed E-state index contributed by atoms with van der Waals surface area (Å²) in [7, 11) is 0. The third kappa shape index (κ3) is 3.87. The van der Waals surface area contributed by atoms with E-state index >= 15 is 0 Å². The molecule has 0 saturated carbocycles. The van der Waals surface area contributed by atoms with Crippen LogP contribution in [0.5, 0.6) is 11.5 Å². The summed E-state index contributed by atoms with van der Waals surface area (Å²) < 4.78 is 22.1. The molecule has 3 aromatic rings. The smallest absolute Gasteiger partial charge is 0.296 e. The summed E-state index contributed by atoms with van der Waals surface area (Å²) in [4.78, 5) is 27.3. The first-order valence-electron chi connectivity index (χ1n) is 10.3. The van der Waals surface area contributed by atoms with E-state index in [2.05, 4.69) is 0 Å². The molecule has 8 nitrogen and oxygen atoms in total. The zero-order chi connectivity index (χ0) is 22.7. The number of hydrogen-bond acceptors (Lipinski definition) is 7. The highest BCUT2D eigenvalue weighted by atomic mass is 16.5. The number of nitrogens with zero attached hydrogens (tertiary/aromatic N) is 1. The first-order chi connectivity index (χ1) is 15.5. The van der Waals surface area contributed by atoms with E-state index in [1.54, 1.807) is 42.5 Å². The number of benzene rings is 1. The van der Waals surface area contributed by atoms with Crippen molar-refractivity contribution < 1.29 is 33.0 Å². The number of aliphatic hydroxyl groups excluding tert-OH is 1. The van der Waals surface area contributed by atoms with Crippen molar-refractivity contribution in [1.29, 1.82) is 0 Å². The number of likely N-dealkylation sites (tertiary alicyclic amines) is 1. The van der Waals surface area contributed by atoms with Crippen LogP contribution in [-0.2, 0) is 16.1 Å². The standard InChI is InChI=1S/C24H23NO7/c1-3-29-15-9-10-17(19(13-15)30-4-2)22(26)20-21(18-8-6-12-32-18)25(24(28)23(20)27)14-16-7-5-11-31-16/h5-13,21,26H,3-4,14H2,1-2H3/b22-20-. The van der Waals surface area contributed by atoms with Crippen molar-refractivity contribution in [3.63, 3.8) is 0 Å². The van der Waals surface area contributed by atoms with E-state index in [4.69, 9.17) is 18.3 Å². The van der Waals surface area contributed by atoms with Crippen LogP contribution in [0.3, 0.4) is 0 Å². The minimum Gasteiger partial charge on any atom is -0.507 e. The monoisotopic (exact) mass is 437 g/mol. The SMILES string of the molecule is CCOc1ccc(/C(O)=C2/C(=O)C(=O)N(Cc3ccco3)C2c2ccco2)c(OCC)c1. The van der Waals surface area contributed by atoms with Crippen LogP contribution in [-0.4, -0.2) is 34.9 Å². The Morgan fingerprint density at radius 2 is 1.78 bits per heavy atom. The summed E-state index contributed by atoms with van der Waals surface area (Å²) >= 11 is 0. The highest BCUT2D eigenvalue weighted by Gasteiger charge is 2.48. The van der Waals surface area contributed by atoms with E-state index in [0.29, 0.717) is 36.2 Å². The van der Waals surface area contributed by atoms with Gasteiger partial charge >= 0.3 is 0 Å². The molecule has 1 unspecified atom stereocenters. The summed E-state index contributed by atoms with van der Waals surface area (Å²) in [6.45, 7) is 4.51. The Kier molecular flexibility index (Phi) is 6.02. The van der Waals surface area contributed by atoms with Gasteiger partial charge in [0.15, 0.2) is 0 Å². The number of ether oxygens (including phenoxy) is 2. The predicted molar refractivity (Wildman–Crippen MR) is 114 cm³/mol. The molecule has 166 valence electrons. The molecule has 2 aromatic heterocycles. The molecule has 1 saturated heterocycles. The molecule has 0 spiro atoms. The molecule has 1 amide bonds. The fourth-order valence-electron chi connectivity index (χ4n) is 3.73. The molecule has 0 aliphatic carbocycles. The molecule has 1 aliphatic rings. The first kappa shape index (κ1) is 21.3. The van der Waals surface area contributed by atoms with E-state index in [-0.39, 0.29) is 23.4 Å². The number of amides is 1. The molecular formula is C24H23NO7. The van der Waals surface area contributed by atoms with Crippen LogP contribution in [0.2, 0.25) is 0 Å². The Bertz CT molecular complexity index is 1130.